The van der Waals surface area contributed by atoms with Crippen LogP contribution in [0.4, 0.5) is 0 Å². The molecule has 1 aromatic rings. The van der Waals surface area contributed by atoms with Gasteiger partial charge in [0.1, 0.15) is 0 Å². The van der Waals surface area contributed by atoms with Crippen LogP contribution in [-0.4, -0.2) is 33.0 Å². The van der Waals surface area contributed by atoms with Gasteiger partial charge in [0.05, 0.1) is 4.90 Å². The van der Waals surface area contributed by atoms with Gasteiger partial charge in [-0.15, -0.1) is 0 Å². The maximum atomic E-state index is 12.3. The lowest BCUT2D eigenvalue weighted by Crippen LogP contribution is -2.26. The molecule has 1 saturated carbocycles. The fourth-order valence-electron chi connectivity index (χ4n) is 1.77. The van der Waals surface area contributed by atoms with Crippen LogP contribution >= 0.6 is 27.7 Å². The molecule has 0 aromatic heterocycles. The van der Waals surface area contributed by atoms with Gasteiger partial charge < -0.3 is 5.32 Å². The van der Waals surface area contributed by atoms with Crippen molar-refractivity contribution in [1.29, 1.82) is 0 Å². The van der Waals surface area contributed by atoms with Crippen molar-refractivity contribution in [3.8, 4) is 0 Å². The predicted molar refractivity (Wildman–Crippen MR) is 87.6 cm³/mol. The van der Waals surface area contributed by atoms with Crippen LogP contribution in [0.3, 0.4) is 0 Å². The number of halogens is 1. The number of thioether (sulfide) groups is 1. The van der Waals surface area contributed by atoms with E-state index in [-0.39, 0.29) is 0 Å². The molecule has 20 heavy (non-hydrogen) atoms. The monoisotopic (exact) mass is 378 g/mol. The van der Waals surface area contributed by atoms with Crippen LogP contribution < -0.4 is 10.0 Å². The molecule has 0 saturated heterocycles. The third-order valence-electron chi connectivity index (χ3n) is 3.06. The molecule has 1 aromatic carbocycles. The second-order valence-electron chi connectivity index (χ2n) is 4.81. The van der Waals surface area contributed by atoms with Crippen LogP contribution in [0.1, 0.15) is 18.4 Å². The fourth-order valence-corrected chi connectivity index (χ4v) is 4.25. The lowest BCUT2D eigenvalue weighted by atomic mass is 10.2. The van der Waals surface area contributed by atoms with Gasteiger partial charge in [-0.05, 0) is 52.7 Å². The zero-order valence-electron chi connectivity index (χ0n) is 11.4. The Morgan fingerprint density at radius 1 is 1.40 bits per heavy atom. The van der Waals surface area contributed by atoms with Gasteiger partial charge in [-0.1, -0.05) is 6.07 Å². The topological polar surface area (TPSA) is 58.2 Å². The minimum atomic E-state index is -3.45. The van der Waals surface area contributed by atoms with Gasteiger partial charge in [-0.2, -0.15) is 11.8 Å². The first-order valence-corrected chi connectivity index (χ1v) is 10.2. The predicted octanol–water partition coefficient (Wildman–Crippen LogP) is 2.34. The summed E-state index contributed by atoms with van der Waals surface area (Å²) < 4.78 is 27.7. The van der Waals surface area contributed by atoms with Crippen LogP contribution in [0, 0.1) is 0 Å². The molecular weight excluding hydrogens is 360 g/mol. The van der Waals surface area contributed by atoms with Gasteiger partial charge in [-0.3, -0.25) is 0 Å². The van der Waals surface area contributed by atoms with Gasteiger partial charge in [0.15, 0.2) is 0 Å². The van der Waals surface area contributed by atoms with Crippen molar-refractivity contribution in [2.45, 2.75) is 30.3 Å². The quantitative estimate of drug-likeness (QED) is 0.681. The molecule has 0 heterocycles. The number of benzene rings is 1. The first kappa shape index (κ1) is 16.3. The van der Waals surface area contributed by atoms with E-state index in [1.165, 1.54) is 12.8 Å². The summed E-state index contributed by atoms with van der Waals surface area (Å²) in [7, 11) is -3.45. The highest BCUT2D eigenvalue weighted by Gasteiger charge is 2.21. The number of nitrogens with one attached hydrogen (secondary N) is 2. The molecule has 4 nitrogen and oxygen atoms in total. The zero-order valence-corrected chi connectivity index (χ0v) is 14.6. The van der Waals surface area contributed by atoms with Crippen LogP contribution in [0.15, 0.2) is 27.6 Å². The minimum absolute atomic E-state index is 0.314. The molecule has 1 aliphatic rings. The fraction of sp³-hybridized carbons (Fsp3) is 0.538. The van der Waals surface area contributed by atoms with Crippen LogP contribution in [0.25, 0.3) is 0 Å². The van der Waals surface area contributed by atoms with Crippen molar-refractivity contribution < 1.29 is 8.42 Å². The number of sulfonamides is 1. The molecule has 2 rings (SSSR count). The maximum absolute atomic E-state index is 12.3. The Kier molecular flexibility index (Phi) is 5.92. The largest absolute Gasteiger partial charge is 0.310 e. The van der Waals surface area contributed by atoms with Gasteiger partial charge in [-0.25, -0.2) is 13.1 Å². The summed E-state index contributed by atoms with van der Waals surface area (Å²) in [6, 6.07) is 6.09. The van der Waals surface area contributed by atoms with E-state index in [2.05, 4.69) is 26.0 Å². The molecule has 1 aliphatic carbocycles. The SMILES string of the molecule is CSCCNS(=O)(=O)c1cc(CNC2CC2)ccc1Br. The molecule has 0 amide bonds. The Labute approximate surface area is 133 Å². The van der Waals surface area contributed by atoms with E-state index < -0.39 is 10.0 Å². The summed E-state index contributed by atoms with van der Waals surface area (Å²) in [4.78, 5) is 0.314. The lowest BCUT2D eigenvalue weighted by molar-refractivity contribution is 0.583. The van der Waals surface area contributed by atoms with Crippen molar-refractivity contribution in [3.63, 3.8) is 0 Å². The third-order valence-corrected chi connectivity index (χ3v) is 6.12. The highest BCUT2D eigenvalue weighted by Crippen LogP contribution is 2.24. The molecule has 2 N–H and O–H groups in total. The normalized spacial score (nSPS) is 15.5. The smallest absolute Gasteiger partial charge is 0.241 e. The van der Waals surface area contributed by atoms with Crippen molar-refractivity contribution in [2.24, 2.45) is 0 Å². The molecule has 0 atom stereocenters. The summed E-state index contributed by atoms with van der Waals surface area (Å²) in [6.07, 6.45) is 4.39. The van der Waals surface area contributed by atoms with Crippen LogP contribution in [0.2, 0.25) is 0 Å². The van der Waals surface area contributed by atoms with E-state index in [0.717, 1.165) is 11.3 Å². The summed E-state index contributed by atoms with van der Waals surface area (Å²) in [5.74, 6) is 0.764. The van der Waals surface area contributed by atoms with Gasteiger partial charge in [0.25, 0.3) is 0 Å². The first-order chi connectivity index (χ1) is 9.53. The minimum Gasteiger partial charge on any atom is -0.310 e. The maximum Gasteiger partial charge on any atom is 0.241 e. The Hall–Kier alpha value is -0.0800. The summed E-state index contributed by atoms with van der Waals surface area (Å²) in [5, 5.41) is 3.39. The van der Waals surface area contributed by atoms with E-state index in [9.17, 15) is 8.42 Å². The van der Waals surface area contributed by atoms with Gasteiger partial charge >= 0.3 is 0 Å². The third kappa shape index (κ3) is 4.73. The first-order valence-electron chi connectivity index (χ1n) is 6.53. The molecule has 0 radical (unpaired) electrons. The lowest BCUT2D eigenvalue weighted by Gasteiger charge is -2.10. The molecular formula is C13H19BrN2O2S2. The summed E-state index contributed by atoms with van der Waals surface area (Å²) >= 11 is 4.94. The second-order valence-corrected chi connectivity index (χ2v) is 8.39. The van der Waals surface area contributed by atoms with Crippen molar-refractivity contribution in [2.75, 3.05) is 18.6 Å². The molecule has 112 valence electrons. The average molecular weight is 379 g/mol. The molecule has 7 heteroatoms. The molecule has 1 fully saturated rings. The summed E-state index contributed by atoms with van der Waals surface area (Å²) in [6.45, 7) is 1.16. The van der Waals surface area contributed by atoms with E-state index in [0.29, 0.717) is 28.5 Å². The second kappa shape index (κ2) is 7.26. The standard InChI is InChI=1S/C13H19BrN2O2S2/c1-19-7-6-16-20(17,18)13-8-10(2-5-12(13)14)9-15-11-3-4-11/h2,5,8,11,15-16H,3-4,6-7,9H2,1H3. The van der Waals surface area contributed by atoms with Crippen molar-refractivity contribution in [3.05, 3.63) is 28.2 Å². The van der Waals surface area contributed by atoms with E-state index in [4.69, 9.17) is 0 Å². The van der Waals surface area contributed by atoms with Gasteiger partial charge in [0.2, 0.25) is 10.0 Å². The highest BCUT2D eigenvalue weighted by atomic mass is 79.9. The zero-order chi connectivity index (χ0) is 14.6. The number of hydrogen-bond acceptors (Lipinski definition) is 4. The highest BCUT2D eigenvalue weighted by molar-refractivity contribution is 9.10. The Morgan fingerprint density at radius 2 is 2.15 bits per heavy atom. The molecule has 0 bridgehead atoms. The van der Waals surface area contributed by atoms with Crippen molar-refractivity contribution >= 4 is 37.7 Å². The van der Waals surface area contributed by atoms with E-state index in [1.54, 1.807) is 23.9 Å². The molecule has 0 unspecified atom stereocenters. The number of rotatable bonds is 8. The van der Waals surface area contributed by atoms with E-state index in [1.807, 2.05) is 12.3 Å². The Bertz CT molecular complexity index is 559. The number of hydrogen-bond donors (Lipinski definition) is 2. The Balaban J connectivity index is 2.09. The van der Waals surface area contributed by atoms with Gasteiger partial charge in [0, 0.05) is 29.4 Å². The molecule has 0 aliphatic heterocycles. The average Bonchev–Trinajstić information content (AvgIpc) is 3.22. The molecule has 0 spiro atoms. The van der Waals surface area contributed by atoms with E-state index >= 15 is 0 Å². The van der Waals surface area contributed by atoms with Crippen LogP contribution in [0.5, 0.6) is 0 Å². The Morgan fingerprint density at radius 3 is 2.80 bits per heavy atom. The van der Waals surface area contributed by atoms with Crippen molar-refractivity contribution in [1.82, 2.24) is 10.0 Å². The van der Waals surface area contributed by atoms with Crippen LogP contribution in [-0.2, 0) is 16.6 Å². The summed E-state index contributed by atoms with van der Waals surface area (Å²) in [5.41, 5.74) is 0.991.